The Kier molecular flexibility index (Phi) is 7.96. The van der Waals surface area contributed by atoms with Crippen LogP contribution in [-0.2, 0) is 14.8 Å². The van der Waals surface area contributed by atoms with Gasteiger partial charge in [0.25, 0.3) is 10.0 Å². The second-order valence-corrected chi connectivity index (χ2v) is 13.5. The van der Waals surface area contributed by atoms with Gasteiger partial charge in [0.05, 0.1) is 39.0 Å². The molecule has 2 atom stereocenters. The third-order valence-corrected chi connectivity index (χ3v) is 10.4. The Morgan fingerprint density at radius 2 is 1.73 bits per heavy atom. The van der Waals surface area contributed by atoms with Gasteiger partial charge < -0.3 is 28.8 Å². The van der Waals surface area contributed by atoms with Crippen LogP contribution in [0.4, 0.5) is 17.3 Å². The van der Waals surface area contributed by atoms with E-state index in [1.165, 1.54) is 21.3 Å². The summed E-state index contributed by atoms with van der Waals surface area (Å²) in [6, 6.07) is 9.38. The van der Waals surface area contributed by atoms with Crippen LogP contribution in [-0.4, -0.2) is 82.3 Å². The van der Waals surface area contributed by atoms with Crippen molar-refractivity contribution >= 4 is 38.3 Å². The fourth-order valence-electron chi connectivity index (χ4n) is 6.45. The number of hydrogen-bond donors (Lipinski definition) is 3. The van der Waals surface area contributed by atoms with Gasteiger partial charge in [-0.25, -0.2) is 8.42 Å². The molecule has 2 aromatic carbocycles. The molecule has 7 rings (SSSR count). The second kappa shape index (κ2) is 12.1. The predicted molar refractivity (Wildman–Crippen MR) is 168 cm³/mol. The number of benzene rings is 2. The van der Waals surface area contributed by atoms with E-state index >= 15 is 0 Å². The summed E-state index contributed by atoms with van der Waals surface area (Å²) in [5.41, 5.74) is 3.03. The first-order valence-corrected chi connectivity index (χ1v) is 16.8. The number of aromatic amines is 1. The third-order valence-electron chi connectivity index (χ3n) is 9.00. The monoisotopic (exact) mass is 638 g/mol. The molecule has 2 aromatic heterocycles. The molecular formula is C31H38N6O7S. The third kappa shape index (κ3) is 5.89. The number of rotatable bonds is 11. The van der Waals surface area contributed by atoms with Crippen molar-refractivity contribution in [2.24, 2.45) is 0 Å². The van der Waals surface area contributed by atoms with Crippen LogP contribution in [0, 0.1) is 0 Å². The molecule has 0 amide bonds. The molecule has 3 N–H and O–H groups in total. The van der Waals surface area contributed by atoms with Crippen molar-refractivity contribution in [3.8, 4) is 17.2 Å². The quantitative estimate of drug-likeness (QED) is 0.204. The lowest BCUT2D eigenvalue weighted by Gasteiger charge is -2.36. The van der Waals surface area contributed by atoms with Crippen LogP contribution in [0.5, 0.6) is 17.2 Å². The molecule has 3 fully saturated rings. The topological polar surface area (TPSA) is 153 Å². The minimum atomic E-state index is -4.23. The van der Waals surface area contributed by atoms with E-state index in [1.54, 1.807) is 12.1 Å². The van der Waals surface area contributed by atoms with Gasteiger partial charge in [-0.1, -0.05) is 5.16 Å². The van der Waals surface area contributed by atoms with Gasteiger partial charge in [0.2, 0.25) is 0 Å². The number of aromatic nitrogens is 3. The molecule has 2 aliphatic heterocycles. The molecule has 240 valence electrons. The van der Waals surface area contributed by atoms with Gasteiger partial charge >= 0.3 is 0 Å². The molecule has 0 radical (unpaired) electrons. The second-order valence-electron chi connectivity index (χ2n) is 11.9. The molecule has 2 saturated heterocycles. The molecule has 13 nitrogen and oxygen atoms in total. The number of nitrogens with zero attached hydrogens (tertiary/aromatic N) is 3. The molecule has 1 saturated carbocycles. The van der Waals surface area contributed by atoms with Crippen molar-refractivity contribution in [1.82, 2.24) is 20.3 Å². The van der Waals surface area contributed by atoms with Crippen LogP contribution in [0.3, 0.4) is 0 Å². The van der Waals surface area contributed by atoms with Gasteiger partial charge in [-0.05, 0) is 68.3 Å². The van der Waals surface area contributed by atoms with Crippen molar-refractivity contribution in [3.05, 3.63) is 41.6 Å². The van der Waals surface area contributed by atoms with E-state index in [4.69, 9.17) is 23.5 Å². The van der Waals surface area contributed by atoms with Crippen molar-refractivity contribution in [1.29, 1.82) is 0 Å². The average molecular weight is 639 g/mol. The number of sulfonamides is 1. The molecule has 14 heteroatoms. The molecule has 4 aromatic rings. The standard InChI is InChI=1S/C31H38N6O7S/c1-40-26-13-22-25(14-24(26)32-29-15-23(33-34-29)18-6-7-18)44-35-31(22)36-45(38,39)30-27(41-2)11-20(12-28(30)42-3)19-5-4-9-37(16-19)21-8-10-43-17-21/h11-15,18-19,21H,4-10,16-17H2,1-3H3,(H,35,36)(H2,32,33,34)/t19?,21-/m1/s1. The lowest BCUT2D eigenvalue weighted by atomic mass is 9.89. The molecule has 0 bridgehead atoms. The minimum absolute atomic E-state index is 0.0144. The van der Waals surface area contributed by atoms with Crippen molar-refractivity contribution in [2.75, 3.05) is 57.7 Å². The Balaban J connectivity index is 1.16. The summed E-state index contributed by atoms with van der Waals surface area (Å²) in [7, 11) is 0.220. The SMILES string of the molecule is COc1cc2c(NS(=O)(=O)c3c(OC)cc(C4CCCN([C@@H]5CCOC5)C4)cc3OC)noc2cc1Nc1cc(C2CC2)[nH]n1. The number of H-pyrrole nitrogens is 1. The highest BCUT2D eigenvalue weighted by Gasteiger charge is 2.33. The van der Waals surface area contributed by atoms with E-state index in [-0.39, 0.29) is 28.1 Å². The van der Waals surface area contributed by atoms with Crippen LogP contribution in [0.2, 0.25) is 0 Å². The smallest absolute Gasteiger partial charge is 0.270 e. The molecule has 45 heavy (non-hydrogen) atoms. The van der Waals surface area contributed by atoms with Gasteiger partial charge in [-0.15, -0.1) is 0 Å². The summed E-state index contributed by atoms with van der Waals surface area (Å²) in [6.45, 7) is 3.46. The molecule has 1 unspecified atom stereocenters. The van der Waals surface area contributed by atoms with Crippen LogP contribution in [0.25, 0.3) is 11.0 Å². The lowest BCUT2D eigenvalue weighted by molar-refractivity contribution is 0.119. The van der Waals surface area contributed by atoms with E-state index in [2.05, 4.69) is 30.3 Å². The van der Waals surface area contributed by atoms with Crippen molar-refractivity contribution in [2.45, 2.75) is 54.9 Å². The predicted octanol–water partition coefficient (Wildman–Crippen LogP) is 4.97. The van der Waals surface area contributed by atoms with Crippen molar-refractivity contribution < 1.29 is 31.9 Å². The van der Waals surface area contributed by atoms with Gasteiger partial charge in [0.1, 0.15) is 17.2 Å². The first-order valence-electron chi connectivity index (χ1n) is 15.3. The average Bonchev–Trinajstić information content (AvgIpc) is 3.39. The first kappa shape index (κ1) is 29.7. The Morgan fingerprint density at radius 1 is 0.956 bits per heavy atom. The summed E-state index contributed by atoms with van der Waals surface area (Å²) in [5, 5.41) is 15.1. The molecule has 1 aliphatic carbocycles. The fraction of sp³-hybridized carbons (Fsp3) is 0.484. The van der Waals surface area contributed by atoms with Gasteiger partial charge in [-0.3, -0.25) is 14.7 Å². The van der Waals surface area contributed by atoms with Crippen LogP contribution < -0.4 is 24.2 Å². The summed E-state index contributed by atoms with van der Waals surface area (Å²) < 4.78 is 58.5. The Labute approximate surface area is 261 Å². The maximum atomic E-state index is 13.9. The van der Waals surface area contributed by atoms with Crippen LogP contribution in [0.1, 0.15) is 55.2 Å². The van der Waals surface area contributed by atoms with E-state index in [9.17, 15) is 8.42 Å². The zero-order valence-corrected chi connectivity index (χ0v) is 26.4. The summed E-state index contributed by atoms with van der Waals surface area (Å²) in [4.78, 5) is 2.37. The lowest BCUT2D eigenvalue weighted by Crippen LogP contribution is -2.42. The summed E-state index contributed by atoms with van der Waals surface area (Å²) >= 11 is 0. The number of anilines is 3. The number of fused-ring (bicyclic) bond motifs is 1. The summed E-state index contributed by atoms with van der Waals surface area (Å²) in [5.74, 6) is 2.26. The Hall–Kier alpha value is -4.01. The molecular weight excluding hydrogens is 600 g/mol. The minimum Gasteiger partial charge on any atom is -0.495 e. The number of piperidine rings is 1. The highest BCUT2D eigenvalue weighted by molar-refractivity contribution is 7.93. The Morgan fingerprint density at radius 3 is 2.42 bits per heavy atom. The normalized spacial score (nSPS) is 20.8. The van der Waals surface area contributed by atoms with E-state index in [1.807, 2.05) is 18.2 Å². The van der Waals surface area contributed by atoms with Crippen LogP contribution >= 0.6 is 0 Å². The van der Waals surface area contributed by atoms with Gasteiger partial charge in [0.15, 0.2) is 22.1 Å². The van der Waals surface area contributed by atoms with Crippen molar-refractivity contribution in [3.63, 3.8) is 0 Å². The molecule has 3 aliphatic rings. The van der Waals surface area contributed by atoms with Crippen LogP contribution in [0.15, 0.2) is 39.8 Å². The highest BCUT2D eigenvalue weighted by Crippen LogP contribution is 2.43. The molecule has 0 spiro atoms. The number of methoxy groups -OCH3 is 3. The molecule has 4 heterocycles. The summed E-state index contributed by atoms with van der Waals surface area (Å²) in [6.07, 6.45) is 5.40. The number of likely N-dealkylation sites (tertiary alicyclic amines) is 1. The fourth-order valence-corrected chi connectivity index (χ4v) is 7.76. The number of ether oxygens (including phenoxy) is 4. The maximum absolute atomic E-state index is 13.9. The van der Waals surface area contributed by atoms with Gasteiger partial charge in [0, 0.05) is 42.9 Å². The zero-order valence-electron chi connectivity index (χ0n) is 25.6. The number of nitrogens with one attached hydrogen (secondary N) is 3. The highest BCUT2D eigenvalue weighted by atomic mass is 32.2. The maximum Gasteiger partial charge on any atom is 0.270 e. The van der Waals surface area contributed by atoms with E-state index in [0.29, 0.717) is 40.2 Å². The Bertz CT molecular complexity index is 1770. The van der Waals surface area contributed by atoms with Gasteiger partial charge in [-0.2, -0.15) is 5.10 Å². The zero-order chi connectivity index (χ0) is 31.1. The first-order chi connectivity index (χ1) is 21.9. The number of hydrogen-bond acceptors (Lipinski definition) is 11. The largest absolute Gasteiger partial charge is 0.495 e. The van der Waals surface area contributed by atoms with E-state index in [0.717, 1.165) is 69.7 Å². The van der Waals surface area contributed by atoms with E-state index < -0.39 is 10.0 Å².